The molecule has 1 aliphatic rings. The van der Waals surface area contributed by atoms with Gasteiger partial charge in [-0.2, -0.15) is 0 Å². The Hall–Kier alpha value is -1.74. The minimum Gasteiger partial charge on any atom is -0.373 e. The van der Waals surface area contributed by atoms with Gasteiger partial charge in [0.15, 0.2) is 11.6 Å². The molecule has 0 saturated carbocycles. The van der Waals surface area contributed by atoms with Crippen LogP contribution in [-0.2, 0) is 4.74 Å². The third-order valence-electron chi connectivity index (χ3n) is 3.23. The number of rotatable bonds is 2. The molecule has 1 aliphatic heterocycles. The van der Waals surface area contributed by atoms with Crippen molar-refractivity contribution in [2.45, 2.75) is 12.5 Å². The van der Waals surface area contributed by atoms with Crippen molar-refractivity contribution in [3.05, 3.63) is 59.7 Å². The van der Waals surface area contributed by atoms with Gasteiger partial charge in [0, 0.05) is 6.42 Å². The van der Waals surface area contributed by atoms with E-state index in [2.05, 4.69) is 0 Å². The molecule has 92 valence electrons. The first-order valence-electron chi connectivity index (χ1n) is 5.91. The second kappa shape index (κ2) is 4.50. The van der Waals surface area contributed by atoms with Crippen LogP contribution in [0.25, 0.3) is 11.1 Å². The van der Waals surface area contributed by atoms with Crippen molar-refractivity contribution >= 4 is 0 Å². The summed E-state index contributed by atoms with van der Waals surface area (Å²) in [5.74, 6) is -1.64. The molecule has 2 aromatic rings. The van der Waals surface area contributed by atoms with Crippen LogP contribution in [0.5, 0.6) is 0 Å². The van der Waals surface area contributed by atoms with Gasteiger partial charge in [-0.1, -0.05) is 30.3 Å². The van der Waals surface area contributed by atoms with E-state index in [-0.39, 0.29) is 6.10 Å². The molecular formula is C15H12F2O. The van der Waals surface area contributed by atoms with E-state index in [0.717, 1.165) is 30.2 Å². The van der Waals surface area contributed by atoms with Crippen molar-refractivity contribution in [2.24, 2.45) is 0 Å². The van der Waals surface area contributed by atoms with Gasteiger partial charge in [-0.3, -0.25) is 0 Å². The molecule has 0 bridgehead atoms. The molecule has 1 nitrogen and oxygen atoms in total. The smallest absolute Gasteiger partial charge is 0.159 e. The summed E-state index contributed by atoms with van der Waals surface area (Å²) in [4.78, 5) is 0. The van der Waals surface area contributed by atoms with Gasteiger partial charge in [0.1, 0.15) is 0 Å². The highest BCUT2D eigenvalue weighted by atomic mass is 19.2. The Bertz CT molecular complexity index is 559. The van der Waals surface area contributed by atoms with Crippen molar-refractivity contribution in [1.82, 2.24) is 0 Å². The second-order valence-corrected chi connectivity index (χ2v) is 4.40. The third-order valence-corrected chi connectivity index (χ3v) is 3.23. The molecule has 3 rings (SSSR count). The highest BCUT2D eigenvalue weighted by Gasteiger charge is 2.19. The molecule has 3 heteroatoms. The van der Waals surface area contributed by atoms with Gasteiger partial charge in [0.25, 0.3) is 0 Å². The largest absolute Gasteiger partial charge is 0.373 e. The number of halogens is 2. The molecule has 18 heavy (non-hydrogen) atoms. The van der Waals surface area contributed by atoms with E-state index in [4.69, 9.17) is 4.74 Å². The lowest BCUT2D eigenvalue weighted by molar-refractivity contribution is -0.0527. The van der Waals surface area contributed by atoms with Crippen LogP contribution in [0.1, 0.15) is 18.1 Å². The predicted molar refractivity (Wildman–Crippen MR) is 65.1 cm³/mol. The topological polar surface area (TPSA) is 9.23 Å². The van der Waals surface area contributed by atoms with Gasteiger partial charge < -0.3 is 4.74 Å². The van der Waals surface area contributed by atoms with Crippen LogP contribution in [0, 0.1) is 11.6 Å². The maximum Gasteiger partial charge on any atom is 0.159 e. The van der Waals surface area contributed by atoms with Gasteiger partial charge in [-0.25, -0.2) is 8.78 Å². The van der Waals surface area contributed by atoms with Crippen molar-refractivity contribution in [1.29, 1.82) is 0 Å². The average molecular weight is 246 g/mol. The molecule has 0 aliphatic carbocycles. The van der Waals surface area contributed by atoms with Gasteiger partial charge in [-0.05, 0) is 28.8 Å². The molecule has 1 atom stereocenters. The van der Waals surface area contributed by atoms with E-state index in [1.54, 1.807) is 6.07 Å². The van der Waals surface area contributed by atoms with Gasteiger partial charge in [0.05, 0.1) is 12.7 Å². The lowest BCUT2D eigenvalue weighted by Crippen LogP contribution is -2.17. The Balaban J connectivity index is 1.89. The highest BCUT2D eigenvalue weighted by molar-refractivity contribution is 5.63. The molecule has 0 spiro atoms. The van der Waals surface area contributed by atoms with Crippen LogP contribution >= 0.6 is 0 Å². The van der Waals surface area contributed by atoms with Crippen LogP contribution in [-0.4, -0.2) is 6.61 Å². The zero-order valence-corrected chi connectivity index (χ0v) is 9.70. The Morgan fingerprint density at radius 3 is 2.11 bits per heavy atom. The average Bonchev–Trinajstić information content (AvgIpc) is 2.32. The first kappa shape index (κ1) is 11.4. The van der Waals surface area contributed by atoms with Crippen LogP contribution in [0.3, 0.4) is 0 Å². The van der Waals surface area contributed by atoms with Crippen LogP contribution in [0.2, 0.25) is 0 Å². The summed E-state index contributed by atoms with van der Waals surface area (Å²) < 4.78 is 31.4. The van der Waals surface area contributed by atoms with Crippen molar-refractivity contribution < 1.29 is 13.5 Å². The van der Waals surface area contributed by atoms with E-state index < -0.39 is 11.6 Å². The number of ether oxygens (including phenoxy) is 1. The van der Waals surface area contributed by atoms with E-state index in [1.165, 1.54) is 6.07 Å². The Kier molecular flexibility index (Phi) is 2.84. The quantitative estimate of drug-likeness (QED) is 0.775. The Morgan fingerprint density at radius 2 is 1.56 bits per heavy atom. The maximum absolute atomic E-state index is 13.1. The molecule has 0 aromatic heterocycles. The molecule has 1 unspecified atom stereocenters. The predicted octanol–water partition coefficient (Wildman–Crippen LogP) is 4.09. The van der Waals surface area contributed by atoms with Crippen molar-refractivity contribution in [3.63, 3.8) is 0 Å². The van der Waals surface area contributed by atoms with E-state index in [0.29, 0.717) is 5.56 Å². The fourth-order valence-electron chi connectivity index (χ4n) is 2.06. The number of hydrogen-bond donors (Lipinski definition) is 0. The minimum atomic E-state index is -0.821. The first-order valence-corrected chi connectivity index (χ1v) is 5.91. The van der Waals surface area contributed by atoms with E-state index >= 15 is 0 Å². The van der Waals surface area contributed by atoms with Gasteiger partial charge >= 0.3 is 0 Å². The van der Waals surface area contributed by atoms with E-state index in [1.807, 2.05) is 24.3 Å². The van der Waals surface area contributed by atoms with Crippen molar-refractivity contribution in [2.75, 3.05) is 6.61 Å². The monoisotopic (exact) mass is 246 g/mol. The van der Waals surface area contributed by atoms with Gasteiger partial charge in [0.2, 0.25) is 0 Å². The molecule has 1 fully saturated rings. The summed E-state index contributed by atoms with van der Waals surface area (Å²) in [5, 5.41) is 0. The second-order valence-electron chi connectivity index (χ2n) is 4.40. The molecule has 0 amide bonds. The molecule has 0 radical (unpaired) electrons. The van der Waals surface area contributed by atoms with Crippen molar-refractivity contribution in [3.8, 4) is 11.1 Å². The SMILES string of the molecule is Fc1ccc(-c2ccc(C3CCO3)cc2)cc1F. The first-order chi connectivity index (χ1) is 8.74. The molecule has 0 N–H and O–H groups in total. The third kappa shape index (κ3) is 2.02. The summed E-state index contributed by atoms with van der Waals surface area (Å²) in [6.07, 6.45) is 1.24. The summed E-state index contributed by atoms with van der Waals surface area (Å²) in [6, 6.07) is 11.7. The Labute approximate surface area is 104 Å². The zero-order chi connectivity index (χ0) is 12.5. The molecular weight excluding hydrogens is 234 g/mol. The summed E-state index contributed by atoms with van der Waals surface area (Å²) >= 11 is 0. The zero-order valence-electron chi connectivity index (χ0n) is 9.70. The summed E-state index contributed by atoms with van der Waals surface area (Å²) in [5.41, 5.74) is 2.68. The van der Waals surface area contributed by atoms with E-state index in [9.17, 15) is 8.78 Å². The van der Waals surface area contributed by atoms with Gasteiger partial charge in [-0.15, -0.1) is 0 Å². The molecule has 1 saturated heterocycles. The lowest BCUT2D eigenvalue weighted by Gasteiger charge is -2.26. The van der Waals surface area contributed by atoms with Crippen LogP contribution < -0.4 is 0 Å². The minimum absolute atomic E-state index is 0.198. The maximum atomic E-state index is 13.1. The summed E-state index contributed by atoms with van der Waals surface area (Å²) in [6.45, 7) is 0.815. The fourth-order valence-corrected chi connectivity index (χ4v) is 2.06. The fraction of sp³-hybridized carbons (Fsp3) is 0.200. The normalized spacial score (nSPS) is 18.4. The molecule has 1 heterocycles. The van der Waals surface area contributed by atoms with Crippen LogP contribution in [0.15, 0.2) is 42.5 Å². The summed E-state index contributed by atoms with van der Waals surface area (Å²) in [7, 11) is 0. The Morgan fingerprint density at radius 1 is 0.889 bits per heavy atom. The highest BCUT2D eigenvalue weighted by Crippen LogP contribution is 2.31. The molecule has 2 aromatic carbocycles. The number of benzene rings is 2. The lowest BCUT2D eigenvalue weighted by atomic mass is 9.99. The number of hydrogen-bond acceptors (Lipinski definition) is 1. The van der Waals surface area contributed by atoms with Crippen LogP contribution in [0.4, 0.5) is 8.78 Å². The standard InChI is InChI=1S/C15H12F2O/c16-13-6-5-12(9-14(13)17)10-1-3-11(4-2-10)15-7-8-18-15/h1-6,9,15H,7-8H2.